The number of aromatic hydroxyl groups is 5. The number of carbonyl (C=O) groups excluding carboxylic acids is 2. The van der Waals surface area contributed by atoms with Gasteiger partial charge in [0, 0.05) is 0 Å². The third kappa shape index (κ3) is 4.88. The Morgan fingerprint density at radius 1 is 0.692 bits per heavy atom. The molecule has 0 spiro atoms. The molecule has 2 aromatic carbocycles. The maximum Gasteiger partial charge on any atom is 0.200 e. The molecular formula is C19H16O7. The van der Waals surface area contributed by atoms with E-state index in [-0.39, 0.29) is 17.1 Å². The molecule has 0 aromatic heterocycles. The highest BCUT2D eigenvalue weighted by Crippen LogP contribution is 2.35. The van der Waals surface area contributed by atoms with Gasteiger partial charge in [-0.1, -0.05) is 18.2 Å². The summed E-state index contributed by atoms with van der Waals surface area (Å²) in [4.78, 5) is 23.6. The summed E-state index contributed by atoms with van der Waals surface area (Å²) < 4.78 is 0. The van der Waals surface area contributed by atoms with E-state index in [1.165, 1.54) is 36.4 Å². The molecule has 0 aliphatic heterocycles. The van der Waals surface area contributed by atoms with Crippen LogP contribution in [0.4, 0.5) is 0 Å². The van der Waals surface area contributed by atoms with Crippen molar-refractivity contribution in [2.45, 2.75) is 6.42 Å². The van der Waals surface area contributed by atoms with Crippen molar-refractivity contribution in [3.8, 4) is 28.7 Å². The van der Waals surface area contributed by atoms with Crippen LogP contribution in [0.1, 0.15) is 17.5 Å². The fraction of sp³-hybridized carbons (Fsp3) is 0.0526. The van der Waals surface area contributed by atoms with Gasteiger partial charge in [-0.2, -0.15) is 0 Å². The molecule has 0 aliphatic carbocycles. The quantitative estimate of drug-likeness (QED) is 0.305. The maximum absolute atomic E-state index is 11.8. The minimum atomic E-state index is -0.658. The van der Waals surface area contributed by atoms with Crippen molar-refractivity contribution in [2.24, 2.45) is 0 Å². The summed E-state index contributed by atoms with van der Waals surface area (Å²) in [5, 5.41) is 46.6. The molecule has 134 valence electrons. The predicted molar refractivity (Wildman–Crippen MR) is 93.9 cm³/mol. The van der Waals surface area contributed by atoms with Gasteiger partial charge in [-0.25, -0.2) is 0 Å². The Bertz CT molecular complexity index is 887. The van der Waals surface area contributed by atoms with Gasteiger partial charge < -0.3 is 25.5 Å². The lowest BCUT2D eigenvalue weighted by atomic mass is 10.1. The van der Waals surface area contributed by atoms with Gasteiger partial charge in [0.2, 0.25) is 0 Å². The number of rotatable bonds is 6. The number of hydrogen-bond donors (Lipinski definition) is 5. The molecule has 7 heteroatoms. The third-order valence-electron chi connectivity index (χ3n) is 3.36. The fourth-order valence-electron chi connectivity index (χ4n) is 2.03. The van der Waals surface area contributed by atoms with Crippen molar-refractivity contribution < 1.29 is 35.1 Å². The first kappa shape index (κ1) is 18.6. The summed E-state index contributed by atoms with van der Waals surface area (Å²) in [6, 6.07) is 6.33. The van der Waals surface area contributed by atoms with Gasteiger partial charge in [-0.05, 0) is 47.5 Å². The zero-order chi connectivity index (χ0) is 19.3. The molecule has 0 unspecified atom stereocenters. The standard InChI is InChI=1S/C19H16O7/c20-13(4-1-11-3-6-15(22)16(23)7-11)10-14(21)5-2-12-8-17(24)19(26)18(25)9-12/h1-9,22-26H,10H2/b4-1+,5-2+. The summed E-state index contributed by atoms with van der Waals surface area (Å²) in [5.41, 5.74) is 0.750. The molecule has 0 bridgehead atoms. The van der Waals surface area contributed by atoms with Crippen molar-refractivity contribution in [1.29, 1.82) is 0 Å². The summed E-state index contributed by atoms with van der Waals surface area (Å²) in [7, 11) is 0. The second kappa shape index (κ2) is 7.89. The Balaban J connectivity index is 1.97. The van der Waals surface area contributed by atoms with Crippen LogP contribution in [-0.4, -0.2) is 37.1 Å². The molecule has 26 heavy (non-hydrogen) atoms. The summed E-state index contributed by atoms with van der Waals surface area (Å²) in [6.07, 6.45) is 4.58. The molecule has 7 nitrogen and oxygen atoms in total. The number of hydrogen-bond acceptors (Lipinski definition) is 7. The van der Waals surface area contributed by atoms with Crippen LogP contribution in [-0.2, 0) is 9.59 Å². The lowest BCUT2D eigenvalue weighted by molar-refractivity contribution is -0.121. The van der Waals surface area contributed by atoms with Crippen LogP contribution in [0.25, 0.3) is 12.2 Å². The Morgan fingerprint density at radius 3 is 1.73 bits per heavy atom. The van der Waals surface area contributed by atoms with Crippen LogP contribution in [0.2, 0.25) is 0 Å². The monoisotopic (exact) mass is 356 g/mol. The Kier molecular flexibility index (Phi) is 5.64. The van der Waals surface area contributed by atoms with Gasteiger partial charge >= 0.3 is 0 Å². The topological polar surface area (TPSA) is 135 Å². The van der Waals surface area contributed by atoms with Crippen LogP contribution in [0.15, 0.2) is 42.5 Å². The van der Waals surface area contributed by atoms with Gasteiger partial charge in [0.15, 0.2) is 40.3 Å². The number of benzene rings is 2. The van der Waals surface area contributed by atoms with E-state index in [2.05, 4.69) is 0 Å². The van der Waals surface area contributed by atoms with Crippen LogP contribution < -0.4 is 0 Å². The zero-order valence-electron chi connectivity index (χ0n) is 13.5. The highest BCUT2D eigenvalue weighted by molar-refractivity contribution is 6.10. The fourth-order valence-corrected chi connectivity index (χ4v) is 2.03. The number of phenols is 5. The van der Waals surface area contributed by atoms with E-state index < -0.39 is 35.2 Å². The molecule has 5 N–H and O–H groups in total. The minimum absolute atomic E-state index is 0.272. The Morgan fingerprint density at radius 2 is 1.19 bits per heavy atom. The second-order valence-corrected chi connectivity index (χ2v) is 5.43. The maximum atomic E-state index is 11.8. The van der Waals surface area contributed by atoms with Gasteiger partial charge in [0.25, 0.3) is 0 Å². The molecule has 0 amide bonds. The lowest BCUT2D eigenvalue weighted by Crippen LogP contribution is -2.01. The minimum Gasteiger partial charge on any atom is -0.504 e. The first-order chi connectivity index (χ1) is 12.3. The summed E-state index contributed by atoms with van der Waals surface area (Å²) >= 11 is 0. The largest absolute Gasteiger partial charge is 0.504 e. The molecule has 0 saturated heterocycles. The average molecular weight is 356 g/mol. The van der Waals surface area contributed by atoms with Gasteiger partial charge in [0.05, 0.1) is 6.42 Å². The van der Waals surface area contributed by atoms with Crippen molar-refractivity contribution in [2.75, 3.05) is 0 Å². The van der Waals surface area contributed by atoms with E-state index in [1.54, 1.807) is 0 Å². The van der Waals surface area contributed by atoms with Crippen LogP contribution in [0.5, 0.6) is 28.7 Å². The van der Waals surface area contributed by atoms with E-state index in [4.69, 9.17) is 0 Å². The highest BCUT2D eigenvalue weighted by Gasteiger charge is 2.08. The molecule has 0 fully saturated rings. The molecule has 0 heterocycles. The highest BCUT2D eigenvalue weighted by atomic mass is 16.3. The number of ketones is 2. The van der Waals surface area contributed by atoms with Crippen molar-refractivity contribution in [3.63, 3.8) is 0 Å². The molecule has 0 radical (unpaired) electrons. The smallest absolute Gasteiger partial charge is 0.200 e. The average Bonchev–Trinajstić information content (AvgIpc) is 2.58. The van der Waals surface area contributed by atoms with Crippen LogP contribution in [0, 0.1) is 0 Å². The molecular weight excluding hydrogens is 340 g/mol. The Labute approximate surface area is 148 Å². The number of carbonyl (C=O) groups is 2. The van der Waals surface area contributed by atoms with E-state index in [0.717, 1.165) is 18.2 Å². The SMILES string of the molecule is O=C(/C=C/c1ccc(O)c(O)c1)CC(=O)/C=C/c1cc(O)c(O)c(O)c1. The van der Waals surface area contributed by atoms with Crippen molar-refractivity contribution in [3.05, 3.63) is 53.6 Å². The van der Waals surface area contributed by atoms with Crippen molar-refractivity contribution >= 4 is 23.7 Å². The first-order valence-corrected chi connectivity index (χ1v) is 7.45. The van der Waals surface area contributed by atoms with E-state index in [9.17, 15) is 35.1 Å². The molecule has 0 aliphatic rings. The number of phenolic OH excluding ortho intramolecular Hbond substituents is 5. The van der Waals surface area contributed by atoms with Crippen molar-refractivity contribution in [1.82, 2.24) is 0 Å². The predicted octanol–water partition coefficient (Wildman–Crippen LogP) is 2.47. The molecule has 2 aromatic rings. The van der Waals surface area contributed by atoms with Gasteiger partial charge in [-0.15, -0.1) is 0 Å². The van der Waals surface area contributed by atoms with Gasteiger partial charge in [0.1, 0.15) is 0 Å². The summed E-state index contributed by atoms with van der Waals surface area (Å²) in [6.45, 7) is 0. The van der Waals surface area contributed by atoms with Crippen LogP contribution in [0.3, 0.4) is 0 Å². The Hall–Kier alpha value is -3.74. The van der Waals surface area contributed by atoms with Crippen LogP contribution >= 0.6 is 0 Å². The zero-order valence-corrected chi connectivity index (χ0v) is 13.5. The van der Waals surface area contributed by atoms with E-state index >= 15 is 0 Å². The second-order valence-electron chi connectivity index (χ2n) is 5.43. The molecule has 2 rings (SSSR count). The molecule has 0 atom stereocenters. The normalized spacial score (nSPS) is 11.2. The lowest BCUT2D eigenvalue weighted by Gasteiger charge is -2.02. The molecule has 0 saturated carbocycles. The van der Waals surface area contributed by atoms with E-state index in [1.807, 2.05) is 0 Å². The summed E-state index contributed by atoms with van der Waals surface area (Å²) in [5.74, 6) is -3.29. The van der Waals surface area contributed by atoms with E-state index in [0.29, 0.717) is 5.56 Å². The van der Waals surface area contributed by atoms with Gasteiger partial charge in [-0.3, -0.25) is 9.59 Å². The third-order valence-corrected chi connectivity index (χ3v) is 3.36. The first-order valence-electron chi connectivity index (χ1n) is 7.45. The number of allylic oxidation sites excluding steroid dienone is 2.